The Labute approximate surface area is 167 Å². The van der Waals surface area contributed by atoms with E-state index in [9.17, 15) is 14.4 Å². The lowest BCUT2D eigenvalue weighted by Gasteiger charge is -2.24. The highest BCUT2D eigenvalue weighted by molar-refractivity contribution is 7.99. The number of carbonyl (C=O) groups is 3. The van der Waals surface area contributed by atoms with Gasteiger partial charge in [0.1, 0.15) is 6.04 Å². The van der Waals surface area contributed by atoms with E-state index in [0.717, 1.165) is 17.8 Å². The lowest BCUT2D eigenvalue weighted by molar-refractivity contribution is -0.127. The second-order valence-electron chi connectivity index (χ2n) is 6.96. The van der Waals surface area contributed by atoms with Crippen LogP contribution in [0.1, 0.15) is 34.6 Å². The number of aryl methyl sites for hydroxylation is 2. The van der Waals surface area contributed by atoms with Gasteiger partial charge in [0.15, 0.2) is 5.16 Å². The molecule has 7 nitrogen and oxygen atoms in total. The molecule has 0 spiro atoms. The third-order valence-corrected chi connectivity index (χ3v) is 5.76. The van der Waals surface area contributed by atoms with E-state index in [2.05, 4.69) is 9.97 Å². The van der Waals surface area contributed by atoms with Crippen LogP contribution in [0.4, 0.5) is 5.69 Å². The molecule has 2 aromatic rings. The van der Waals surface area contributed by atoms with Gasteiger partial charge in [-0.1, -0.05) is 23.9 Å². The Hall–Kier alpha value is -2.74. The first-order valence-corrected chi connectivity index (χ1v) is 10.2. The summed E-state index contributed by atoms with van der Waals surface area (Å²) in [4.78, 5) is 50.6. The molecule has 1 aromatic heterocycles. The van der Waals surface area contributed by atoms with Gasteiger partial charge in [-0.3, -0.25) is 14.4 Å². The van der Waals surface area contributed by atoms with Crippen LogP contribution in [0, 0.1) is 13.8 Å². The topological polar surface area (TPSA) is 83.5 Å². The molecule has 8 heteroatoms. The van der Waals surface area contributed by atoms with Crippen LogP contribution in [0.25, 0.3) is 0 Å². The van der Waals surface area contributed by atoms with Gasteiger partial charge in [-0.05, 0) is 44.9 Å². The average Bonchev–Trinajstić information content (AvgIpc) is 3.12. The summed E-state index contributed by atoms with van der Waals surface area (Å²) in [6.07, 6.45) is 1.34. The third-order valence-electron chi connectivity index (χ3n) is 4.93. The molecule has 4 rings (SSSR count). The molecule has 0 N–H and O–H groups in total. The molecule has 2 aliphatic heterocycles. The Morgan fingerprint density at radius 3 is 2.64 bits per heavy atom. The van der Waals surface area contributed by atoms with E-state index in [1.165, 1.54) is 16.7 Å². The monoisotopic (exact) mass is 396 g/mol. The molecule has 0 bridgehead atoms. The van der Waals surface area contributed by atoms with Gasteiger partial charge in [0.2, 0.25) is 5.91 Å². The van der Waals surface area contributed by atoms with Crippen molar-refractivity contribution >= 4 is 35.2 Å². The van der Waals surface area contributed by atoms with Crippen LogP contribution in [-0.4, -0.2) is 50.9 Å². The molecule has 1 atom stereocenters. The number of imide groups is 1. The maximum absolute atomic E-state index is 13.2. The Balaban J connectivity index is 1.64. The van der Waals surface area contributed by atoms with Crippen LogP contribution in [0.5, 0.6) is 0 Å². The fourth-order valence-electron chi connectivity index (χ4n) is 3.74. The molecule has 1 aromatic carbocycles. The summed E-state index contributed by atoms with van der Waals surface area (Å²) in [5.74, 6) is -0.870. The average molecular weight is 396 g/mol. The smallest absolute Gasteiger partial charge is 0.256 e. The van der Waals surface area contributed by atoms with Crippen LogP contribution in [0.2, 0.25) is 0 Å². The zero-order chi connectivity index (χ0) is 19.8. The second kappa shape index (κ2) is 7.35. The molecule has 1 unspecified atom stereocenters. The van der Waals surface area contributed by atoms with Crippen molar-refractivity contribution in [2.24, 2.45) is 0 Å². The number of anilines is 1. The molecule has 144 valence electrons. The molecule has 0 aliphatic carbocycles. The predicted octanol–water partition coefficient (Wildman–Crippen LogP) is 2.36. The molecule has 1 saturated heterocycles. The first-order valence-electron chi connectivity index (χ1n) is 9.17. The summed E-state index contributed by atoms with van der Waals surface area (Å²) in [7, 11) is 0. The first kappa shape index (κ1) is 18.6. The zero-order valence-electron chi connectivity index (χ0n) is 15.7. The van der Waals surface area contributed by atoms with E-state index in [1.54, 1.807) is 29.2 Å². The van der Waals surface area contributed by atoms with Crippen molar-refractivity contribution in [1.82, 2.24) is 14.9 Å². The highest BCUT2D eigenvalue weighted by atomic mass is 32.2. The fraction of sp³-hybridized carbons (Fsp3) is 0.350. The van der Waals surface area contributed by atoms with E-state index in [-0.39, 0.29) is 23.5 Å². The molecule has 28 heavy (non-hydrogen) atoms. The quantitative estimate of drug-likeness (QED) is 0.585. The first-order chi connectivity index (χ1) is 13.5. The SMILES string of the molecule is Cc1cc(C)nc(SCC(=O)N2C(=O)C3CCCN3C(=O)c3ccccc32)n1. The standard InChI is InChI=1S/C20H20N4O3S/c1-12-10-13(2)22-20(21-12)28-11-17(25)24-15-7-4-3-6-14(15)18(26)23-9-5-8-16(23)19(24)27/h3-4,6-7,10,16H,5,8-9,11H2,1-2H3. The van der Waals surface area contributed by atoms with Gasteiger partial charge in [-0.15, -0.1) is 0 Å². The van der Waals surface area contributed by atoms with Crippen LogP contribution in [0.15, 0.2) is 35.5 Å². The van der Waals surface area contributed by atoms with Crippen LogP contribution < -0.4 is 4.90 Å². The number of hydrogen-bond acceptors (Lipinski definition) is 6. The highest BCUT2D eigenvalue weighted by Gasteiger charge is 2.43. The van der Waals surface area contributed by atoms with Crippen molar-refractivity contribution in [1.29, 1.82) is 0 Å². The summed E-state index contributed by atoms with van der Waals surface area (Å²) >= 11 is 1.20. The van der Waals surface area contributed by atoms with Gasteiger partial charge in [0.05, 0.1) is 17.0 Å². The fourth-order valence-corrected chi connectivity index (χ4v) is 4.54. The van der Waals surface area contributed by atoms with E-state index >= 15 is 0 Å². The summed E-state index contributed by atoms with van der Waals surface area (Å²) in [6.45, 7) is 4.28. The minimum absolute atomic E-state index is 0.0177. The van der Waals surface area contributed by atoms with Crippen LogP contribution in [0.3, 0.4) is 0 Å². The minimum Gasteiger partial charge on any atom is -0.327 e. The van der Waals surface area contributed by atoms with Crippen LogP contribution >= 0.6 is 11.8 Å². The van der Waals surface area contributed by atoms with Gasteiger partial charge < -0.3 is 4.90 Å². The van der Waals surface area contributed by atoms with Crippen molar-refractivity contribution in [2.75, 3.05) is 17.2 Å². The molecule has 2 aliphatic rings. The summed E-state index contributed by atoms with van der Waals surface area (Å²) in [6, 6.07) is 8.09. The van der Waals surface area contributed by atoms with Crippen molar-refractivity contribution in [3.8, 4) is 0 Å². The summed E-state index contributed by atoms with van der Waals surface area (Å²) < 4.78 is 0. The molecular weight excluding hydrogens is 376 g/mol. The number of aromatic nitrogens is 2. The van der Waals surface area contributed by atoms with Crippen LogP contribution in [-0.2, 0) is 9.59 Å². The lowest BCUT2D eigenvalue weighted by atomic mass is 10.1. The van der Waals surface area contributed by atoms with Gasteiger partial charge in [-0.2, -0.15) is 0 Å². The maximum Gasteiger partial charge on any atom is 0.256 e. The number of fused-ring (bicyclic) bond motifs is 2. The number of rotatable bonds is 3. The largest absolute Gasteiger partial charge is 0.327 e. The van der Waals surface area contributed by atoms with E-state index < -0.39 is 6.04 Å². The Morgan fingerprint density at radius 1 is 1.18 bits per heavy atom. The summed E-state index contributed by atoms with van der Waals surface area (Å²) in [5.41, 5.74) is 2.40. The Morgan fingerprint density at radius 2 is 1.89 bits per heavy atom. The zero-order valence-corrected chi connectivity index (χ0v) is 16.5. The Bertz CT molecular complexity index is 957. The highest BCUT2D eigenvalue weighted by Crippen LogP contribution is 2.33. The Kier molecular flexibility index (Phi) is 4.89. The molecule has 1 fully saturated rings. The van der Waals surface area contributed by atoms with Gasteiger partial charge >= 0.3 is 0 Å². The third kappa shape index (κ3) is 3.28. The van der Waals surface area contributed by atoms with Crippen molar-refractivity contribution in [3.05, 3.63) is 47.3 Å². The van der Waals surface area contributed by atoms with Crippen molar-refractivity contribution < 1.29 is 14.4 Å². The van der Waals surface area contributed by atoms with Gasteiger partial charge in [0.25, 0.3) is 11.8 Å². The molecular formula is C20H20N4O3S. The molecule has 3 heterocycles. The number of para-hydroxylation sites is 1. The number of benzene rings is 1. The molecule has 0 saturated carbocycles. The molecule has 0 radical (unpaired) electrons. The van der Waals surface area contributed by atoms with E-state index in [0.29, 0.717) is 29.4 Å². The lowest BCUT2D eigenvalue weighted by Crippen LogP contribution is -2.47. The number of thioether (sulfide) groups is 1. The number of hydrogen-bond donors (Lipinski definition) is 0. The predicted molar refractivity (Wildman–Crippen MR) is 105 cm³/mol. The van der Waals surface area contributed by atoms with Gasteiger partial charge in [0, 0.05) is 17.9 Å². The number of carbonyl (C=O) groups excluding carboxylic acids is 3. The number of amides is 3. The normalized spacial score (nSPS) is 18.7. The van der Waals surface area contributed by atoms with Gasteiger partial charge in [-0.25, -0.2) is 14.9 Å². The van der Waals surface area contributed by atoms with E-state index in [1.807, 2.05) is 19.9 Å². The maximum atomic E-state index is 13.2. The second-order valence-corrected chi connectivity index (χ2v) is 7.91. The van der Waals surface area contributed by atoms with Crippen molar-refractivity contribution in [3.63, 3.8) is 0 Å². The summed E-state index contributed by atoms with van der Waals surface area (Å²) in [5, 5.41) is 0.500. The minimum atomic E-state index is -0.577. The van der Waals surface area contributed by atoms with E-state index in [4.69, 9.17) is 0 Å². The van der Waals surface area contributed by atoms with Crippen molar-refractivity contribution in [2.45, 2.75) is 37.9 Å². The number of nitrogens with zero attached hydrogens (tertiary/aromatic N) is 4. The molecule has 3 amide bonds.